The summed E-state index contributed by atoms with van der Waals surface area (Å²) in [6.07, 6.45) is 3.94. The molecule has 1 spiro atoms. The van der Waals surface area contributed by atoms with Crippen molar-refractivity contribution in [1.82, 2.24) is 20.0 Å². The zero-order valence-electron chi connectivity index (χ0n) is 25.7. The second-order valence-electron chi connectivity index (χ2n) is 14.1. The molecule has 5 rings (SSSR count). The van der Waals surface area contributed by atoms with E-state index in [1.807, 2.05) is 49.1 Å². The van der Waals surface area contributed by atoms with Gasteiger partial charge in [-0.3, -0.25) is 19.4 Å². The number of hydrogen-bond donors (Lipinski definition) is 1. The number of nitrogens with zero attached hydrogens (tertiary/aromatic N) is 3. The summed E-state index contributed by atoms with van der Waals surface area (Å²) in [4.78, 5) is 46.6. The van der Waals surface area contributed by atoms with Crippen molar-refractivity contribution in [2.75, 3.05) is 19.6 Å². The molecule has 42 heavy (non-hydrogen) atoms. The van der Waals surface area contributed by atoms with Gasteiger partial charge in [0.25, 0.3) is 5.91 Å². The molecule has 4 aliphatic rings. The number of fused-ring (bicyclic) bond motifs is 2. The Kier molecular flexibility index (Phi) is 8.98. The zero-order valence-corrected chi connectivity index (χ0v) is 25.7. The predicted molar refractivity (Wildman–Crippen MR) is 158 cm³/mol. The van der Waals surface area contributed by atoms with E-state index in [2.05, 4.69) is 24.1 Å². The SMILES string of the molecule is CC(C)CN1C(=O)N(CC(C)C)C2(CC3CCC(C2)N3CC[C@H](NC(=O)C2CCC(F)(F)CC2)c2ccccc2)C1=O. The first-order valence-electron chi connectivity index (χ1n) is 16.0. The average Bonchev–Trinajstić information content (AvgIpc) is 3.28. The molecule has 232 valence electrons. The number of carbonyl (C=O) groups excluding carboxylic acids is 3. The maximum absolute atomic E-state index is 14.0. The first-order chi connectivity index (χ1) is 19.9. The molecule has 2 unspecified atom stereocenters. The first kappa shape index (κ1) is 30.9. The molecule has 0 radical (unpaired) electrons. The summed E-state index contributed by atoms with van der Waals surface area (Å²) >= 11 is 0. The lowest BCUT2D eigenvalue weighted by Gasteiger charge is -2.47. The maximum atomic E-state index is 14.0. The molecule has 9 heteroatoms. The van der Waals surface area contributed by atoms with Crippen molar-refractivity contribution in [3.8, 4) is 0 Å². The topological polar surface area (TPSA) is 73.0 Å². The van der Waals surface area contributed by atoms with Crippen molar-refractivity contribution < 1.29 is 23.2 Å². The number of halogens is 2. The summed E-state index contributed by atoms with van der Waals surface area (Å²) in [6.45, 7) is 10.1. The Morgan fingerprint density at radius 2 is 1.52 bits per heavy atom. The Labute approximate surface area is 249 Å². The summed E-state index contributed by atoms with van der Waals surface area (Å²) in [6, 6.07) is 9.92. The molecule has 4 fully saturated rings. The standard InChI is InChI=1S/C33H48F2N4O3/c1-22(2)20-38-30(41)32(39(31(38)42)21-23(3)4)18-26-10-11-27(19-32)37(26)17-14-28(24-8-6-5-7-9-24)36-29(40)25-12-15-33(34,35)16-13-25/h5-9,22-23,25-28H,10-21H2,1-4H3,(H,36,40)/t26?,27?,28-,32?/m0/s1. The Hall–Kier alpha value is -2.55. The van der Waals surface area contributed by atoms with Crippen LogP contribution in [-0.2, 0) is 9.59 Å². The summed E-state index contributed by atoms with van der Waals surface area (Å²) < 4.78 is 27.4. The summed E-state index contributed by atoms with van der Waals surface area (Å²) in [5, 5.41) is 3.21. The molecule has 2 bridgehead atoms. The second-order valence-corrected chi connectivity index (χ2v) is 14.1. The number of amides is 4. The van der Waals surface area contributed by atoms with Gasteiger partial charge < -0.3 is 10.2 Å². The minimum absolute atomic E-state index is 0.0223. The van der Waals surface area contributed by atoms with Gasteiger partial charge in [-0.15, -0.1) is 0 Å². The Morgan fingerprint density at radius 1 is 0.929 bits per heavy atom. The van der Waals surface area contributed by atoms with Crippen LogP contribution in [0.15, 0.2) is 30.3 Å². The first-order valence-corrected chi connectivity index (χ1v) is 16.0. The van der Waals surface area contributed by atoms with Crippen LogP contribution >= 0.6 is 0 Å². The van der Waals surface area contributed by atoms with Crippen LogP contribution in [0.1, 0.15) is 97.1 Å². The number of piperidine rings is 1. The normalized spacial score (nSPS) is 28.9. The van der Waals surface area contributed by atoms with Crippen molar-refractivity contribution in [3.05, 3.63) is 35.9 Å². The molecule has 3 aliphatic heterocycles. The Bertz CT molecular complexity index is 1120. The van der Waals surface area contributed by atoms with Crippen LogP contribution in [0.25, 0.3) is 0 Å². The van der Waals surface area contributed by atoms with Crippen LogP contribution in [0.3, 0.4) is 0 Å². The van der Waals surface area contributed by atoms with E-state index < -0.39 is 11.5 Å². The number of imide groups is 1. The van der Waals surface area contributed by atoms with Gasteiger partial charge in [-0.1, -0.05) is 58.0 Å². The van der Waals surface area contributed by atoms with Crippen LogP contribution in [0.4, 0.5) is 13.6 Å². The third-order valence-corrected chi connectivity index (χ3v) is 9.92. The highest BCUT2D eigenvalue weighted by molar-refractivity contribution is 6.07. The highest BCUT2D eigenvalue weighted by Crippen LogP contribution is 2.48. The molecule has 1 aliphatic carbocycles. The molecule has 0 aromatic heterocycles. The summed E-state index contributed by atoms with van der Waals surface area (Å²) in [5.41, 5.74) is 0.242. The number of alkyl halides is 2. The van der Waals surface area contributed by atoms with Crippen LogP contribution < -0.4 is 5.32 Å². The van der Waals surface area contributed by atoms with Gasteiger partial charge in [0, 0.05) is 50.5 Å². The molecule has 3 heterocycles. The van der Waals surface area contributed by atoms with E-state index in [0.717, 1.165) is 24.9 Å². The van der Waals surface area contributed by atoms with E-state index in [4.69, 9.17) is 0 Å². The molecule has 7 nitrogen and oxygen atoms in total. The van der Waals surface area contributed by atoms with Crippen molar-refractivity contribution in [1.29, 1.82) is 0 Å². The van der Waals surface area contributed by atoms with Gasteiger partial charge in [-0.2, -0.15) is 0 Å². The molecule has 3 saturated heterocycles. The van der Waals surface area contributed by atoms with Crippen LogP contribution in [0.2, 0.25) is 0 Å². The van der Waals surface area contributed by atoms with Gasteiger partial charge in [0.2, 0.25) is 11.8 Å². The third kappa shape index (κ3) is 6.22. The van der Waals surface area contributed by atoms with Gasteiger partial charge in [-0.05, 0) is 62.3 Å². The van der Waals surface area contributed by atoms with Crippen LogP contribution in [0.5, 0.6) is 0 Å². The van der Waals surface area contributed by atoms with Gasteiger partial charge in [0.1, 0.15) is 5.54 Å². The van der Waals surface area contributed by atoms with Crippen molar-refractivity contribution in [3.63, 3.8) is 0 Å². The lowest BCUT2D eigenvalue weighted by molar-refractivity contribution is -0.138. The zero-order chi connectivity index (χ0) is 30.2. The number of hydrogen-bond acceptors (Lipinski definition) is 4. The quantitative estimate of drug-likeness (QED) is 0.342. The number of rotatable bonds is 10. The summed E-state index contributed by atoms with van der Waals surface area (Å²) in [5.74, 6) is -2.73. The third-order valence-electron chi connectivity index (χ3n) is 9.92. The molecule has 3 atom stereocenters. The van der Waals surface area contributed by atoms with Gasteiger partial charge in [-0.25, -0.2) is 13.6 Å². The Balaban J connectivity index is 1.29. The molecule has 1 saturated carbocycles. The van der Waals surface area contributed by atoms with E-state index in [9.17, 15) is 23.2 Å². The Morgan fingerprint density at radius 3 is 2.10 bits per heavy atom. The lowest BCUT2D eigenvalue weighted by Crippen LogP contribution is -2.61. The molecule has 1 N–H and O–H groups in total. The van der Waals surface area contributed by atoms with E-state index in [-0.39, 0.29) is 79.4 Å². The monoisotopic (exact) mass is 586 g/mol. The van der Waals surface area contributed by atoms with E-state index in [1.165, 1.54) is 4.90 Å². The van der Waals surface area contributed by atoms with Gasteiger partial charge >= 0.3 is 6.03 Å². The predicted octanol–water partition coefficient (Wildman–Crippen LogP) is 6.00. The highest BCUT2D eigenvalue weighted by Gasteiger charge is 2.62. The molecular formula is C33H48F2N4O3. The maximum Gasteiger partial charge on any atom is 0.327 e. The average molecular weight is 587 g/mol. The minimum atomic E-state index is -2.66. The van der Waals surface area contributed by atoms with Crippen LogP contribution in [-0.4, -0.2) is 75.7 Å². The van der Waals surface area contributed by atoms with E-state index in [1.54, 1.807) is 0 Å². The fourth-order valence-electron chi connectivity index (χ4n) is 7.88. The van der Waals surface area contributed by atoms with Crippen LogP contribution in [0, 0.1) is 17.8 Å². The fourth-order valence-corrected chi connectivity index (χ4v) is 7.88. The fraction of sp³-hybridized carbons (Fsp3) is 0.727. The number of nitrogens with one attached hydrogen (secondary N) is 1. The van der Waals surface area contributed by atoms with Gasteiger partial charge in [0.15, 0.2) is 0 Å². The van der Waals surface area contributed by atoms with E-state index in [0.29, 0.717) is 32.4 Å². The van der Waals surface area contributed by atoms with Crippen molar-refractivity contribution >= 4 is 17.8 Å². The molecule has 1 aromatic rings. The van der Waals surface area contributed by atoms with Crippen molar-refractivity contribution in [2.45, 2.75) is 115 Å². The molecular weight excluding hydrogens is 538 g/mol. The lowest BCUT2D eigenvalue weighted by atomic mass is 9.80. The number of benzene rings is 1. The van der Waals surface area contributed by atoms with Gasteiger partial charge in [0.05, 0.1) is 6.04 Å². The smallest absolute Gasteiger partial charge is 0.327 e. The number of carbonyl (C=O) groups is 3. The molecule has 1 aromatic carbocycles. The molecule has 4 amide bonds. The highest BCUT2D eigenvalue weighted by atomic mass is 19.3. The van der Waals surface area contributed by atoms with Crippen molar-refractivity contribution in [2.24, 2.45) is 17.8 Å². The minimum Gasteiger partial charge on any atom is -0.349 e. The summed E-state index contributed by atoms with van der Waals surface area (Å²) in [7, 11) is 0. The van der Waals surface area contributed by atoms with E-state index >= 15 is 0 Å². The largest absolute Gasteiger partial charge is 0.349 e. The second kappa shape index (κ2) is 12.2. The number of urea groups is 1.